The zero-order valence-corrected chi connectivity index (χ0v) is 13.0. The summed E-state index contributed by atoms with van der Waals surface area (Å²) in [4.78, 5) is 24.0. The third kappa shape index (κ3) is 3.45. The fraction of sp³-hybridized carbons (Fsp3) is 0.235. The summed E-state index contributed by atoms with van der Waals surface area (Å²) in [5, 5.41) is 13.8. The predicted octanol–water partition coefficient (Wildman–Crippen LogP) is 2.82. The Morgan fingerprint density at radius 2 is 1.92 bits per heavy atom. The van der Waals surface area contributed by atoms with Gasteiger partial charge in [-0.05, 0) is 30.7 Å². The molecule has 24 heavy (non-hydrogen) atoms. The first kappa shape index (κ1) is 15.8. The van der Waals surface area contributed by atoms with Crippen LogP contribution in [0.25, 0.3) is 0 Å². The van der Waals surface area contributed by atoms with Crippen LogP contribution in [0.2, 0.25) is 0 Å². The van der Waals surface area contributed by atoms with Crippen molar-refractivity contribution < 1.29 is 14.5 Å². The molecule has 1 amide bonds. The van der Waals surface area contributed by atoms with Gasteiger partial charge in [0.1, 0.15) is 5.75 Å². The molecule has 0 aromatic heterocycles. The van der Waals surface area contributed by atoms with E-state index >= 15 is 0 Å². The number of rotatable bonds is 6. The summed E-state index contributed by atoms with van der Waals surface area (Å²) in [6, 6.07) is 13.8. The van der Waals surface area contributed by atoms with Crippen molar-refractivity contribution in [2.45, 2.75) is 6.42 Å². The molecular formula is C17H17N3O4. The van der Waals surface area contributed by atoms with Gasteiger partial charge in [0.25, 0.3) is 11.6 Å². The highest BCUT2D eigenvalue weighted by Gasteiger charge is 2.24. The van der Waals surface area contributed by atoms with Gasteiger partial charge >= 0.3 is 0 Å². The molecule has 2 aromatic rings. The van der Waals surface area contributed by atoms with E-state index in [1.54, 1.807) is 17.0 Å². The van der Waals surface area contributed by atoms with Crippen LogP contribution in [0.1, 0.15) is 6.42 Å². The third-order valence-corrected chi connectivity index (χ3v) is 3.77. The average molecular weight is 327 g/mol. The smallest absolute Gasteiger partial charge is 0.269 e. The van der Waals surface area contributed by atoms with Gasteiger partial charge in [-0.3, -0.25) is 14.9 Å². The second-order valence-corrected chi connectivity index (χ2v) is 5.39. The monoisotopic (exact) mass is 327 g/mol. The fourth-order valence-corrected chi connectivity index (χ4v) is 2.57. The molecule has 7 heteroatoms. The molecule has 0 radical (unpaired) electrons. The van der Waals surface area contributed by atoms with Crippen molar-refractivity contribution in [3.8, 4) is 5.75 Å². The van der Waals surface area contributed by atoms with Crippen LogP contribution in [0, 0.1) is 10.1 Å². The van der Waals surface area contributed by atoms with Gasteiger partial charge in [0.05, 0.1) is 10.6 Å². The zero-order chi connectivity index (χ0) is 16.9. The number of benzene rings is 2. The van der Waals surface area contributed by atoms with E-state index in [2.05, 4.69) is 5.32 Å². The minimum Gasteiger partial charge on any atom is -0.482 e. The molecule has 0 spiro atoms. The van der Waals surface area contributed by atoms with Crippen LogP contribution in [-0.4, -0.2) is 30.5 Å². The van der Waals surface area contributed by atoms with E-state index in [4.69, 9.17) is 4.74 Å². The lowest BCUT2D eigenvalue weighted by Gasteiger charge is -2.29. The van der Waals surface area contributed by atoms with Gasteiger partial charge < -0.3 is 15.0 Å². The molecule has 0 saturated carbocycles. The Kier molecular flexibility index (Phi) is 4.60. The number of fused-ring (bicyclic) bond motifs is 1. The number of ether oxygens (including phenoxy) is 1. The lowest BCUT2D eigenvalue weighted by Crippen LogP contribution is -2.39. The molecule has 3 rings (SSSR count). The number of nitro benzene ring substituents is 1. The van der Waals surface area contributed by atoms with Crippen molar-refractivity contribution in [2.24, 2.45) is 0 Å². The van der Waals surface area contributed by atoms with Crippen molar-refractivity contribution in [1.82, 2.24) is 0 Å². The summed E-state index contributed by atoms with van der Waals surface area (Å²) in [7, 11) is 0. The van der Waals surface area contributed by atoms with Crippen LogP contribution >= 0.6 is 0 Å². The molecule has 1 aliphatic rings. The van der Waals surface area contributed by atoms with Crippen LogP contribution in [0.15, 0.2) is 48.5 Å². The van der Waals surface area contributed by atoms with Crippen LogP contribution < -0.4 is 15.0 Å². The Morgan fingerprint density at radius 3 is 2.67 bits per heavy atom. The molecule has 1 aliphatic heterocycles. The molecule has 7 nitrogen and oxygen atoms in total. The molecule has 1 N–H and O–H groups in total. The molecule has 2 aromatic carbocycles. The van der Waals surface area contributed by atoms with Crippen LogP contribution in [-0.2, 0) is 4.79 Å². The van der Waals surface area contributed by atoms with Gasteiger partial charge in [0.15, 0.2) is 6.61 Å². The number of para-hydroxylation sites is 2. The van der Waals surface area contributed by atoms with E-state index in [9.17, 15) is 14.9 Å². The molecule has 0 fully saturated rings. The number of nitrogens with one attached hydrogen (secondary N) is 1. The number of hydrogen-bond donors (Lipinski definition) is 1. The Balaban J connectivity index is 1.53. The number of non-ortho nitro benzene ring substituents is 1. The Bertz CT molecular complexity index is 746. The second kappa shape index (κ2) is 6.99. The van der Waals surface area contributed by atoms with Gasteiger partial charge in [-0.25, -0.2) is 0 Å². The Morgan fingerprint density at radius 1 is 1.17 bits per heavy atom. The van der Waals surface area contributed by atoms with E-state index in [1.807, 2.05) is 24.3 Å². The summed E-state index contributed by atoms with van der Waals surface area (Å²) in [5.74, 6) is 0.671. The van der Waals surface area contributed by atoms with Crippen LogP contribution in [0.4, 0.5) is 17.1 Å². The maximum atomic E-state index is 12.0. The van der Waals surface area contributed by atoms with Crippen molar-refractivity contribution in [3.05, 3.63) is 58.6 Å². The first-order chi connectivity index (χ1) is 11.6. The lowest BCUT2D eigenvalue weighted by atomic mass is 10.2. The van der Waals surface area contributed by atoms with Crippen molar-refractivity contribution in [2.75, 3.05) is 29.9 Å². The van der Waals surface area contributed by atoms with Crippen LogP contribution in [0.3, 0.4) is 0 Å². The number of amides is 1. The molecular weight excluding hydrogens is 310 g/mol. The Hall–Kier alpha value is -3.09. The minimum absolute atomic E-state index is 0.0518. The summed E-state index contributed by atoms with van der Waals surface area (Å²) in [6.45, 7) is 1.30. The van der Waals surface area contributed by atoms with Crippen molar-refractivity contribution in [1.29, 1.82) is 0 Å². The molecule has 0 saturated heterocycles. The van der Waals surface area contributed by atoms with Gasteiger partial charge in [0.2, 0.25) is 0 Å². The summed E-state index contributed by atoms with van der Waals surface area (Å²) >= 11 is 0. The molecule has 1 heterocycles. The van der Waals surface area contributed by atoms with E-state index in [-0.39, 0.29) is 18.2 Å². The van der Waals surface area contributed by atoms with E-state index < -0.39 is 4.92 Å². The van der Waals surface area contributed by atoms with Gasteiger partial charge in [0, 0.05) is 30.9 Å². The molecule has 0 bridgehead atoms. The number of carbonyl (C=O) groups is 1. The van der Waals surface area contributed by atoms with E-state index in [0.29, 0.717) is 13.1 Å². The highest BCUT2D eigenvalue weighted by atomic mass is 16.6. The predicted molar refractivity (Wildman–Crippen MR) is 90.5 cm³/mol. The number of hydrogen-bond acceptors (Lipinski definition) is 5. The topological polar surface area (TPSA) is 84.7 Å². The van der Waals surface area contributed by atoms with Gasteiger partial charge in [-0.15, -0.1) is 0 Å². The SMILES string of the molecule is O=C1COc2ccccc2N1CCCNc1ccc([N+](=O)[O-])cc1. The lowest BCUT2D eigenvalue weighted by molar-refractivity contribution is -0.384. The number of nitrogens with zero attached hydrogens (tertiary/aromatic N) is 2. The van der Waals surface area contributed by atoms with E-state index in [0.717, 1.165) is 23.5 Å². The normalized spacial score (nSPS) is 13.2. The average Bonchev–Trinajstić information content (AvgIpc) is 2.60. The van der Waals surface area contributed by atoms with Gasteiger partial charge in [-0.2, -0.15) is 0 Å². The van der Waals surface area contributed by atoms with Gasteiger partial charge in [-0.1, -0.05) is 12.1 Å². The quantitative estimate of drug-likeness (QED) is 0.501. The highest BCUT2D eigenvalue weighted by Crippen LogP contribution is 2.31. The minimum atomic E-state index is -0.425. The summed E-state index contributed by atoms with van der Waals surface area (Å²) < 4.78 is 5.41. The molecule has 0 unspecified atom stereocenters. The summed E-state index contributed by atoms with van der Waals surface area (Å²) in [6.07, 6.45) is 0.747. The summed E-state index contributed by atoms with van der Waals surface area (Å²) in [5.41, 5.74) is 1.68. The largest absolute Gasteiger partial charge is 0.482 e. The van der Waals surface area contributed by atoms with Crippen LogP contribution in [0.5, 0.6) is 5.75 Å². The number of anilines is 2. The zero-order valence-electron chi connectivity index (χ0n) is 13.0. The number of carbonyl (C=O) groups excluding carboxylic acids is 1. The maximum absolute atomic E-state index is 12.0. The molecule has 0 atom stereocenters. The Labute approximate surface area is 139 Å². The third-order valence-electron chi connectivity index (χ3n) is 3.77. The molecule has 124 valence electrons. The number of nitro groups is 1. The molecule has 0 aliphatic carbocycles. The van der Waals surface area contributed by atoms with Crippen molar-refractivity contribution >= 4 is 23.0 Å². The fourth-order valence-electron chi connectivity index (χ4n) is 2.57. The maximum Gasteiger partial charge on any atom is 0.269 e. The van der Waals surface area contributed by atoms with Crippen molar-refractivity contribution in [3.63, 3.8) is 0 Å². The highest BCUT2D eigenvalue weighted by molar-refractivity contribution is 5.97. The standard InChI is InChI=1S/C17H17N3O4/c21-17-12-24-16-5-2-1-4-15(16)19(17)11-3-10-18-13-6-8-14(9-7-13)20(22)23/h1-2,4-9,18H,3,10-12H2. The first-order valence-electron chi connectivity index (χ1n) is 7.65. The second-order valence-electron chi connectivity index (χ2n) is 5.39. The van der Waals surface area contributed by atoms with E-state index in [1.165, 1.54) is 12.1 Å². The first-order valence-corrected chi connectivity index (χ1v) is 7.65.